The van der Waals surface area contributed by atoms with Crippen molar-refractivity contribution in [1.29, 1.82) is 0 Å². The van der Waals surface area contributed by atoms with Gasteiger partial charge in [-0.05, 0) is 70.5 Å². The smallest absolute Gasteiger partial charge is 0.374 e. The first kappa shape index (κ1) is 30.4. The number of nitrogens with one attached hydrogen (secondary N) is 1. The second-order valence-electron chi connectivity index (χ2n) is 9.29. The van der Waals surface area contributed by atoms with Crippen LogP contribution in [0.1, 0.15) is 77.1 Å². The molecule has 0 aromatic heterocycles. The quantitative estimate of drug-likeness (QED) is 0.123. The van der Waals surface area contributed by atoms with E-state index >= 15 is 0 Å². The fraction of sp³-hybridized carbons (Fsp3) is 0.433. The molecule has 8 nitrogen and oxygen atoms in total. The average molecular weight is 526 g/mol. The van der Waals surface area contributed by atoms with Crippen LogP contribution < -0.4 is 14.8 Å². The van der Waals surface area contributed by atoms with Gasteiger partial charge in [0.25, 0.3) is 5.91 Å². The monoisotopic (exact) mass is 525 g/mol. The molecule has 2 rings (SSSR count). The van der Waals surface area contributed by atoms with Gasteiger partial charge in [0.15, 0.2) is 5.75 Å². The van der Waals surface area contributed by atoms with Crippen molar-refractivity contribution >= 4 is 23.5 Å². The molecule has 206 valence electrons. The number of rotatable bonds is 15. The third-order valence-corrected chi connectivity index (χ3v) is 5.13. The van der Waals surface area contributed by atoms with Crippen LogP contribution in [0.4, 0.5) is 5.69 Å². The van der Waals surface area contributed by atoms with Gasteiger partial charge in [0, 0.05) is 5.56 Å². The molecule has 38 heavy (non-hydrogen) atoms. The maximum absolute atomic E-state index is 12.9. The highest BCUT2D eigenvalue weighted by atomic mass is 16.6. The van der Waals surface area contributed by atoms with Crippen LogP contribution in [-0.2, 0) is 19.1 Å². The van der Waals surface area contributed by atoms with E-state index in [2.05, 4.69) is 12.2 Å². The third-order valence-electron chi connectivity index (χ3n) is 5.13. The Hall–Kier alpha value is -3.81. The number of carbonyl (C=O) groups excluding carboxylic acids is 3. The van der Waals surface area contributed by atoms with E-state index in [-0.39, 0.29) is 23.5 Å². The molecule has 8 heteroatoms. The molecule has 0 aliphatic heterocycles. The second kappa shape index (κ2) is 16.1. The number of hydrogen-bond donors (Lipinski definition) is 1. The van der Waals surface area contributed by atoms with Crippen LogP contribution in [0.15, 0.2) is 60.4 Å². The van der Waals surface area contributed by atoms with Crippen molar-refractivity contribution in [1.82, 2.24) is 0 Å². The lowest BCUT2D eigenvalue weighted by Gasteiger charge is -2.15. The van der Waals surface area contributed by atoms with Crippen molar-refractivity contribution in [2.24, 2.45) is 0 Å². The molecule has 1 amide bonds. The normalized spacial score (nSPS) is 11.3. The van der Waals surface area contributed by atoms with Gasteiger partial charge in [-0.1, -0.05) is 44.7 Å². The average Bonchev–Trinajstić information content (AvgIpc) is 2.86. The Labute approximate surface area is 225 Å². The second-order valence-corrected chi connectivity index (χ2v) is 9.29. The molecule has 0 saturated carbocycles. The van der Waals surface area contributed by atoms with E-state index in [9.17, 15) is 14.4 Å². The van der Waals surface area contributed by atoms with Gasteiger partial charge in [-0.15, -0.1) is 0 Å². The fourth-order valence-electron chi connectivity index (χ4n) is 3.35. The lowest BCUT2D eigenvalue weighted by atomic mass is 10.1. The molecule has 0 unspecified atom stereocenters. The van der Waals surface area contributed by atoms with Gasteiger partial charge in [0.05, 0.1) is 30.6 Å². The van der Waals surface area contributed by atoms with E-state index in [0.29, 0.717) is 23.6 Å². The lowest BCUT2D eigenvalue weighted by Crippen LogP contribution is -2.20. The Morgan fingerprint density at radius 1 is 0.842 bits per heavy atom. The van der Waals surface area contributed by atoms with Crippen molar-refractivity contribution < 1.29 is 33.3 Å². The number of esters is 2. The highest BCUT2D eigenvalue weighted by Gasteiger charge is 2.20. The summed E-state index contributed by atoms with van der Waals surface area (Å²) in [6, 6.07) is 13.5. The van der Waals surface area contributed by atoms with E-state index in [1.54, 1.807) is 76.2 Å². The zero-order valence-electron chi connectivity index (χ0n) is 23.0. The predicted octanol–water partition coefficient (Wildman–Crippen LogP) is 6.45. The van der Waals surface area contributed by atoms with Gasteiger partial charge in [-0.2, -0.15) is 0 Å². The topological polar surface area (TPSA) is 100 Å². The van der Waals surface area contributed by atoms with E-state index in [0.717, 1.165) is 18.9 Å². The molecule has 0 aliphatic rings. The van der Waals surface area contributed by atoms with Gasteiger partial charge in [0.2, 0.25) is 5.76 Å². The molecule has 1 N–H and O–H groups in total. The van der Waals surface area contributed by atoms with E-state index in [4.69, 9.17) is 18.9 Å². The van der Waals surface area contributed by atoms with Crippen molar-refractivity contribution in [2.45, 2.75) is 78.9 Å². The molecule has 2 aromatic rings. The van der Waals surface area contributed by atoms with Crippen LogP contribution in [-0.4, -0.2) is 36.7 Å². The summed E-state index contributed by atoms with van der Waals surface area (Å²) >= 11 is 0. The lowest BCUT2D eigenvalue weighted by molar-refractivity contribution is -0.147. The number of ether oxygens (including phenoxy) is 4. The minimum absolute atomic E-state index is 0.160. The Balaban J connectivity index is 2.09. The van der Waals surface area contributed by atoms with Gasteiger partial charge < -0.3 is 24.3 Å². The molecule has 0 radical (unpaired) electrons. The summed E-state index contributed by atoms with van der Waals surface area (Å²) in [5.74, 6) is -1.45. The number of unbranched alkanes of at least 4 members (excludes halogenated alkanes) is 4. The standard InChI is InChI=1S/C30H39NO7/c1-6-7-8-9-12-19-35-24-17-15-23(16-18-24)29(33)31-25-13-10-11-14-26(25)38-27(30(34)37-22(4)5)20-28(32)36-21(2)3/h10-11,13-18,20-22H,6-9,12,19H2,1-5H3,(H,31,33)/b27-20+. The number of carbonyl (C=O) groups is 3. The van der Waals surface area contributed by atoms with Gasteiger partial charge >= 0.3 is 11.9 Å². The molecular formula is C30H39NO7. The van der Waals surface area contributed by atoms with Crippen molar-refractivity contribution in [3.8, 4) is 11.5 Å². The highest BCUT2D eigenvalue weighted by molar-refractivity contribution is 6.05. The first-order valence-electron chi connectivity index (χ1n) is 13.1. The molecule has 0 aliphatic carbocycles. The first-order valence-corrected chi connectivity index (χ1v) is 13.1. The summed E-state index contributed by atoms with van der Waals surface area (Å²) in [6.45, 7) is 9.57. The number of hydrogen-bond acceptors (Lipinski definition) is 7. The summed E-state index contributed by atoms with van der Waals surface area (Å²) in [7, 11) is 0. The van der Waals surface area contributed by atoms with Gasteiger partial charge in [-0.3, -0.25) is 4.79 Å². The maximum Gasteiger partial charge on any atom is 0.374 e. The maximum atomic E-state index is 12.9. The summed E-state index contributed by atoms with van der Waals surface area (Å²) in [5.41, 5.74) is 0.732. The Kier molecular flexibility index (Phi) is 12.9. The first-order chi connectivity index (χ1) is 18.2. The molecule has 0 spiro atoms. The van der Waals surface area contributed by atoms with Crippen LogP contribution in [0.5, 0.6) is 11.5 Å². The molecule has 0 bridgehead atoms. The number of para-hydroxylation sites is 2. The Morgan fingerprint density at radius 2 is 1.50 bits per heavy atom. The predicted molar refractivity (Wildman–Crippen MR) is 146 cm³/mol. The summed E-state index contributed by atoms with van der Waals surface area (Å²) < 4.78 is 21.8. The minimum atomic E-state index is -0.831. The van der Waals surface area contributed by atoms with E-state index in [1.165, 1.54) is 19.3 Å². The number of anilines is 1. The molecule has 0 fully saturated rings. The van der Waals surface area contributed by atoms with Crippen molar-refractivity contribution in [3.05, 3.63) is 65.9 Å². The summed E-state index contributed by atoms with van der Waals surface area (Å²) in [6.07, 6.45) is 5.91. The van der Waals surface area contributed by atoms with E-state index in [1.807, 2.05) is 0 Å². The Morgan fingerprint density at radius 3 is 2.16 bits per heavy atom. The number of amides is 1. The van der Waals surface area contributed by atoms with Gasteiger partial charge in [-0.25, -0.2) is 9.59 Å². The van der Waals surface area contributed by atoms with Crippen LogP contribution in [0.3, 0.4) is 0 Å². The zero-order chi connectivity index (χ0) is 27.9. The third kappa shape index (κ3) is 11.1. The van der Waals surface area contributed by atoms with Gasteiger partial charge in [0.1, 0.15) is 5.75 Å². The molecule has 0 saturated heterocycles. The van der Waals surface area contributed by atoms with Crippen molar-refractivity contribution in [3.63, 3.8) is 0 Å². The molecule has 0 atom stereocenters. The van der Waals surface area contributed by atoms with Crippen LogP contribution in [0.25, 0.3) is 0 Å². The highest BCUT2D eigenvalue weighted by Crippen LogP contribution is 2.27. The zero-order valence-corrected chi connectivity index (χ0v) is 23.0. The van der Waals surface area contributed by atoms with Crippen molar-refractivity contribution in [2.75, 3.05) is 11.9 Å². The SMILES string of the molecule is CCCCCCCOc1ccc(C(=O)Nc2ccccc2O/C(=C/C(=O)OC(C)C)C(=O)OC(C)C)cc1. The fourth-order valence-corrected chi connectivity index (χ4v) is 3.35. The van der Waals surface area contributed by atoms with E-state index < -0.39 is 18.0 Å². The summed E-state index contributed by atoms with van der Waals surface area (Å²) in [4.78, 5) is 37.7. The summed E-state index contributed by atoms with van der Waals surface area (Å²) in [5, 5.41) is 2.79. The Bertz CT molecular complexity index is 1070. The molecule has 0 heterocycles. The van der Waals surface area contributed by atoms with Crippen LogP contribution in [0, 0.1) is 0 Å². The minimum Gasteiger partial charge on any atom is -0.494 e. The molecular weight excluding hydrogens is 486 g/mol. The van der Waals surface area contributed by atoms with Crippen LogP contribution >= 0.6 is 0 Å². The van der Waals surface area contributed by atoms with Crippen LogP contribution in [0.2, 0.25) is 0 Å². The number of benzene rings is 2. The largest absolute Gasteiger partial charge is 0.494 e. The molecule has 2 aromatic carbocycles.